The third-order valence-electron chi connectivity index (χ3n) is 3.87. The van der Waals surface area contributed by atoms with Gasteiger partial charge in [-0.25, -0.2) is 0 Å². The number of hydrogen-bond donors (Lipinski definition) is 1. The molecule has 0 spiro atoms. The van der Waals surface area contributed by atoms with Crippen molar-refractivity contribution >= 4 is 45.9 Å². The molecule has 0 unspecified atom stereocenters. The number of pyridine rings is 1. The Balaban J connectivity index is 1.77. The van der Waals surface area contributed by atoms with Crippen LogP contribution in [0.15, 0.2) is 58.2 Å². The first-order chi connectivity index (χ1) is 12.0. The monoisotopic (exact) mass is 372 g/mol. The number of amides is 1. The zero-order chi connectivity index (χ0) is 18.0. The molecule has 3 aromatic rings. The fourth-order valence-corrected chi connectivity index (χ4v) is 3.70. The van der Waals surface area contributed by atoms with E-state index in [0.29, 0.717) is 10.7 Å². The molecule has 1 heterocycles. The highest BCUT2D eigenvalue weighted by molar-refractivity contribution is 8.00. The summed E-state index contributed by atoms with van der Waals surface area (Å²) in [5.41, 5.74) is 2.37. The van der Waals surface area contributed by atoms with E-state index >= 15 is 0 Å². The third kappa shape index (κ3) is 3.89. The number of carbonyl (C=O) groups is 1. The first-order valence-corrected chi connectivity index (χ1v) is 9.09. The fourth-order valence-electron chi connectivity index (χ4n) is 2.55. The summed E-state index contributed by atoms with van der Waals surface area (Å²) >= 11 is 7.48. The second-order valence-corrected chi connectivity index (χ2v) is 7.17. The van der Waals surface area contributed by atoms with E-state index in [1.54, 1.807) is 29.8 Å². The minimum atomic E-state index is -0.166. The standard InChI is InChI=1S/C19H17ClN2O2S/c1-12-7-8-15(14(20)9-12)21-18(23)11-25-17-10-19(24)22(2)16-6-4-3-5-13(16)17/h3-10H,11H2,1-2H3,(H,21,23). The zero-order valence-corrected chi connectivity index (χ0v) is 15.4. The van der Waals surface area contributed by atoms with Crippen molar-refractivity contribution in [2.24, 2.45) is 7.05 Å². The molecule has 0 atom stereocenters. The predicted octanol–water partition coefficient (Wildman–Crippen LogP) is 4.23. The molecule has 2 aromatic carbocycles. The number of halogens is 1. The Morgan fingerprint density at radius 3 is 2.72 bits per heavy atom. The van der Waals surface area contributed by atoms with E-state index in [0.717, 1.165) is 21.4 Å². The SMILES string of the molecule is Cc1ccc(NC(=O)CSc2cc(=O)n(C)c3ccccc23)c(Cl)c1. The topological polar surface area (TPSA) is 51.1 Å². The maximum absolute atomic E-state index is 12.2. The lowest BCUT2D eigenvalue weighted by molar-refractivity contribution is -0.113. The van der Waals surface area contributed by atoms with Gasteiger partial charge in [0.15, 0.2) is 0 Å². The molecule has 1 aromatic heterocycles. The fraction of sp³-hybridized carbons (Fsp3) is 0.158. The van der Waals surface area contributed by atoms with Crippen LogP contribution in [0.25, 0.3) is 10.9 Å². The summed E-state index contributed by atoms with van der Waals surface area (Å²) in [4.78, 5) is 25.1. The minimum absolute atomic E-state index is 0.0943. The van der Waals surface area contributed by atoms with E-state index in [4.69, 9.17) is 11.6 Å². The molecule has 0 radical (unpaired) electrons. The number of para-hydroxylation sites is 1. The number of thioether (sulfide) groups is 1. The van der Waals surface area contributed by atoms with Crippen molar-refractivity contribution in [1.82, 2.24) is 4.57 Å². The maximum atomic E-state index is 12.2. The largest absolute Gasteiger partial charge is 0.324 e. The Kier molecular flexibility index (Phi) is 5.16. The van der Waals surface area contributed by atoms with Crippen molar-refractivity contribution < 1.29 is 4.79 Å². The van der Waals surface area contributed by atoms with Crippen molar-refractivity contribution in [1.29, 1.82) is 0 Å². The molecule has 1 amide bonds. The Bertz CT molecular complexity index is 1010. The van der Waals surface area contributed by atoms with E-state index in [2.05, 4.69) is 5.32 Å². The molecule has 0 aliphatic carbocycles. The van der Waals surface area contributed by atoms with Gasteiger partial charge in [-0.2, -0.15) is 0 Å². The van der Waals surface area contributed by atoms with E-state index in [-0.39, 0.29) is 17.2 Å². The number of nitrogens with zero attached hydrogens (tertiary/aromatic N) is 1. The van der Waals surface area contributed by atoms with Crippen molar-refractivity contribution in [3.63, 3.8) is 0 Å². The predicted molar refractivity (Wildman–Crippen MR) is 105 cm³/mol. The Morgan fingerprint density at radius 2 is 1.96 bits per heavy atom. The number of carbonyl (C=O) groups excluding carboxylic acids is 1. The van der Waals surface area contributed by atoms with Crippen LogP contribution in [0.4, 0.5) is 5.69 Å². The van der Waals surface area contributed by atoms with Gasteiger partial charge in [-0.1, -0.05) is 35.9 Å². The molecule has 0 saturated heterocycles. The summed E-state index contributed by atoms with van der Waals surface area (Å²) in [6, 6.07) is 14.7. The number of fused-ring (bicyclic) bond motifs is 1. The minimum Gasteiger partial charge on any atom is -0.324 e. The summed E-state index contributed by atoms with van der Waals surface area (Å²) in [6.07, 6.45) is 0. The van der Waals surface area contributed by atoms with Crippen molar-refractivity contribution in [3.8, 4) is 0 Å². The number of rotatable bonds is 4. The van der Waals surface area contributed by atoms with E-state index in [1.807, 2.05) is 37.3 Å². The van der Waals surface area contributed by atoms with Gasteiger partial charge in [0.1, 0.15) is 0 Å². The van der Waals surface area contributed by atoms with Gasteiger partial charge in [-0.15, -0.1) is 11.8 Å². The smallest absolute Gasteiger partial charge is 0.251 e. The lowest BCUT2D eigenvalue weighted by atomic mass is 10.2. The molecule has 25 heavy (non-hydrogen) atoms. The molecule has 1 N–H and O–H groups in total. The van der Waals surface area contributed by atoms with Gasteiger partial charge in [-0.05, 0) is 30.7 Å². The van der Waals surface area contributed by atoms with Crippen molar-refractivity contribution in [2.45, 2.75) is 11.8 Å². The molecule has 6 heteroatoms. The highest BCUT2D eigenvalue weighted by atomic mass is 35.5. The van der Waals surface area contributed by atoms with Crippen molar-refractivity contribution in [2.75, 3.05) is 11.1 Å². The van der Waals surface area contributed by atoms with E-state index in [1.165, 1.54) is 11.8 Å². The van der Waals surface area contributed by atoms with Crippen LogP contribution < -0.4 is 10.9 Å². The molecule has 4 nitrogen and oxygen atoms in total. The summed E-state index contributed by atoms with van der Waals surface area (Å²) in [6.45, 7) is 1.94. The number of nitrogens with one attached hydrogen (secondary N) is 1. The Labute approximate surface area is 154 Å². The highest BCUT2D eigenvalue weighted by Crippen LogP contribution is 2.27. The Morgan fingerprint density at radius 1 is 1.20 bits per heavy atom. The molecule has 128 valence electrons. The van der Waals surface area contributed by atoms with Gasteiger partial charge in [0.2, 0.25) is 5.91 Å². The lowest BCUT2D eigenvalue weighted by Crippen LogP contribution is -2.17. The quantitative estimate of drug-likeness (QED) is 0.697. The first kappa shape index (κ1) is 17.6. The molecular formula is C19H17ClN2O2S. The number of benzene rings is 2. The third-order valence-corrected chi connectivity index (χ3v) is 5.24. The molecule has 0 bridgehead atoms. The summed E-state index contributed by atoms with van der Waals surface area (Å²) in [7, 11) is 1.74. The van der Waals surface area contributed by atoms with Gasteiger partial charge < -0.3 is 9.88 Å². The second kappa shape index (κ2) is 7.33. The van der Waals surface area contributed by atoms with Crippen LogP contribution >= 0.6 is 23.4 Å². The molecule has 0 aliphatic heterocycles. The zero-order valence-electron chi connectivity index (χ0n) is 13.9. The number of hydrogen-bond acceptors (Lipinski definition) is 3. The normalized spacial score (nSPS) is 10.8. The first-order valence-electron chi connectivity index (χ1n) is 7.73. The molecule has 0 saturated carbocycles. The molecular weight excluding hydrogens is 356 g/mol. The molecule has 0 aliphatic rings. The average Bonchev–Trinajstić information content (AvgIpc) is 2.59. The number of aromatic nitrogens is 1. The van der Waals surface area contributed by atoms with Gasteiger partial charge in [0.05, 0.1) is 22.0 Å². The van der Waals surface area contributed by atoms with Gasteiger partial charge in [0, 0.05) is 23.4 Å². The van der Waals surface area contributed by atoms with Crippen LogP contribution in [0.5, 0.6) is 0 Å². The molecule has 0 fully saturated rings. The lowest BCUT2D eigenvalue weighted by Gasteiger charge is -2.10. The van der Waals surface area contributed by atoms with Gasteiger partial charge in [-0.3, -0.25) is 9.59 Å². The summed E-state index contributed by atoms with van der Waals surface area (Å²) < 4.78 is 1.60. The molecule has 3 rings (SSSR count). The van der Waals surface area contributed by atoms with Crippen molar-refractivity contribution in [3.05, 3.63) is 69.5 Å². The van der Waals surface area contributed by atoms with Crippen LogP contribution in [0.1, 0.15) is 5.56 Å². The van der Waals surface area contributed by atoms with Crippen LogP contribution in [-0.4, -0.2) is 16.2 Å². The van der Waals surface area contributed by atoms with Crippen LogP contribution in [0, 0.1) is 6.92 Å². The van der Waals surface area contributed by atoms with Gasteiger partial charge >= 0.3 is 0 Å². The maximum Gasteiger partial charge on any atom is 0.251 e. The van der Waals surface area contributed by atoms with Gasteiger partial charge in [0.25, 0.3) is 5.56 Å². The van der Waals surface area contributed by atoms with Crippen LogP contribution in [-0.2, 0) is 11.8 Å². The van der Waals surface area contributed by atoms with Crippen LogP contribution in [0.2, 0.25) is 5.02 Å². The average molecular weight is 373 g/mol. The number of aryl methyl sites for hydroxylation is 2. The Hall–Kier alpha value is -2.24. The second-order valence-electron chi connectivity index (χ2n) is 5.74. The van der Waals surface area contributed by atoms with E-state index in [9.17, 15) is 9.59 Å². The van der Waals surface area contributed by atoms with E-state index < -0.39 is 0 Å². The highest BCUT2D eigenvalue weighted by Gasteiger charge is 2.10. The summed E-state index contributed by atoms with van der Waals surface area (Å²) in [5.74, 6) is 0.0296. The number of anilines is 1. The van der Waals surface area contributed by atoms with Crippen LogP contribution in [0.3, 0.4) is 0 Å². The summed E-state index contributed by atoms with van der Waals surface area (Å²) in [5, 5.41) is 4.27.